The van der Waals surface area contributed by atoms with Crippen molar-refractivity contribution in [2.45, 2.75) is 6.42 Å². The summed E-state index contributed by atoms with van der Waals surface area (Å²) in [4.78, 5) is 10.1. The number of carbonyl (C=O) groups excluding carboxylic acids is 1. The second-order valence-electron chi connectivity index (χ2n) is 1.82. The van der Waals surface area contributed by atoms with E-state index in [0.29, 0.717) is 0 Å². The summed E-state index contributed by atoms with van der Waals surface area (Å²) in [7, 11) is 0. The van der Waals surface area contributed by atoms with E-state index >= 15 is 0 Å². The van der Waals surface area contributed by atoms with Gasteiger partial charge in [-0.15, -0.1) is 0 Å². The molecular weight excluding hydrogens is 213 g/mol. The van der Waals surface area contributed by atoms with E-state index < -0.39 is 17.1 Å². The van der Waals surface area contributed by atoms with Gasteiger partial charge in [0.1, 0.15) is 0 Å². The van der Waals surface area contributed by atoms with Crippen molar-refractivity contribution in [2.24, 2.45) is 0 Å². The molecule has 70 valence electrons. The SMILES string of the molecule is O=C(Cl)CSCCC(F)=C(F)F. The summed E-state index contributed by atoms with van der Waals surface area (Å²) in [5.41, 5.74) is 0. The van der Waals surface area contributed by atoms with Crippen molar-refractivity contribution in [3.05, 3.63) is 11.9 Å². The first-order valence-electron chi connectivity index (χ1n) is 2.99. The van der Waals surface area contributed by atoms with Crippen molar-refractivity contribution in [3.8, 4) is 0 Å². The molecule has 0 atom stereocenters. The van der Waals surface area contributed by atoms with Gasteiger partial charge in [0.15, 0.2) is 5.83 Å². The number of carbonyl (C=O) groups is 1. The van der Waals surface area contributed by atoms with Crippen molar-refractivity contribution in [1.82, 2.24) is 0 Å². The maximum absolute atomic E-state index is 12.0. The van der Waals surface area contributed by atoms with Crippen molar-refractivity contribution < 1.29 is 18.0 Å². The molecule has 0 amide bonds. The molecule has 6 heteroatoms. The molecule has 0 rings (SSSR count). The van der Waals surface area contributed by atoms with Crippen LogP contribution in [0.5, 0.6) is 0 Å². The summed E-state index contributed by atoms with van der Waals surface area (Å²) in [6, 6.07) is 0. The van der Waals surface area contributed by atoms with Gasteiger partial charge in [-0.05, 0) is 11.6 Å². The van der Waals surface area contributed by atoms with Gasteiger partial charge in [0.05, 0.1) is 5.75 Å². The first-order valence-corrected chi connectivity index (χ1v) is 4.53. The molecule has 0 fully saturated rings. The fourth-order valence-corrected chi connectivity index (χ4v) is 1.27. The van der Waals surface area contributed by atoms with Gasteiger partial charge < -0.3 is 0 Å². The van der Waals surface area contributed by atoms with Crippen LogP contribution in [0.25, 0.3) is 0 Å². The quantitative estimate of drug-likeness (QED) is 0.521. The minimum Gasteiger partial charge on any atom is -0.280 e. The summed E-state index contributed by atoms with van der Waals surface area (Å²) in [5, 5.41) is -0.565. The van der Waals surface area contributed by atoms with E-state index in [4.69, 9.17) is 11.6 Å². The molecule has 1 nitrogen and oxygen atoms in total. The third-order valence-corrected chi connectivity index (χ3v) is 2.14. The Kier molecular flexibility index (Phi) is 6.28. The fourth-order valence-electron chi connectivity index (χ4n) is 0.409. The minimum atomic E-state index is -2.30. The van der Waals surface area contributed by atoms with Gasteiger partial charge in [-0.25, -0.2) is 4.39 Å². The molecule has 0 aliphatic carbocycles. The van der Waals surface area contributed by atoms with Crippen LogP contribution in [-0.2, 0) is 4.79 Å². The average Bonchev–Trinajstić information content (AvgIpc) is 1.97. The summed E-state index contributed by atoms with van der Waals surface area (Å²) >= 11 is 5.96. The highest BCUT2D eigenvalue weighted by molar-refractivity contribution is 8.00. The van der Waals surface area contributed by atoms with Crippen LogP contribution in [0.3, 0.4) is 0 Å². The monoisotopic (exact) mass is 218 g/mol. The second-order valence-corrected chi connectivity index (χ2v) is 3.35. The largest absolute Gasteiger partial charge is 0.301 e. The van der Waals surface area contributed by atoms with E-state index in [9.17, 15) is 18.0 Å². The van der Waals surface area contributed by atoms with E-state index in [1.807, 2.05) is 0 Å². The predicted molar refractivity (Wildman–Crippen MR) is 43.2 cm³/mol. The Morgan fingerprint density at radius 2 is 1.92 bits per heavy atom. The zero-order chi connectivity index (χ0) is 9.56. The van der Waals surface area contributed by atoms with Crippen LogP contribution < -0.4 is 0 Å². The molecule has 0 saturated carbocycles. The summed E-state index contributed by atoms with van der Waals surface area (Å²) in [5.74, 6) is -1.28. The van der Waals surface area contributed by atoms with Gasteiger partial charge in [0.25, 0.3) is 0 Å². The summed E-state index contributed by atoms with van der Waals surface area (Å²) in [6.45, 7) is 0. The van der Waals surface area contributed by atoms with Crippen LogP contribution in [0, 0.1) is 0 Å². The lowest BCUT2D eigenvalue weighted by Gasteiger charge is -1.95. The molecule has 0 saturated heterocycles. The Labute approximate surface area is 77.0 Å². The maximum atomic E-state index is 12.0. The number of thioether (sulfide) groups is 1. The number of hydrogen-bond acceptors (Lipinski definition) is 2. The van der Waals surface area contributed by atoms with Crippen LogP contribution in [0.15, 0.2) is 11.9 Å². The van der Waals surface area contributed by atoms with Crippen LogP contribution in [0.2, 0.25) is 0 Å². The van der Waals surface area contributed by atoms with Gasteiger partial charge in [-0.3, -0.25) is 4.79 Å². The number of halogens is 4. The van der Waals surface area contributed by atoms with Crippen LogP contribution in [0.1, 0.15) is 6.42 Å². The Morgan fingerprint density at radius 3 is 2.33 bits per heavy atom. The van der Waals surface area contributed by atoms with Gasteiger partial charge >= 0.3 is 6.08 Å². The first kappa shape index (κ1) is 11.8. The van der Waals surface area contributed by atoms with E-state index in [-0.39, 0.29) is 17.9 Å². The van der Waals surface area contributed by atoms with E-state index in [1.54, 1.807) is 0 Å². The number of hydrogen-bond donors (Lipinski definition) is 0. The minimum absolute atomic E-state index is 0.0166. The lowest BCUT2D eigenvalue weighted by Crippen LogP contribution is -1.91. The highest BCUT2D eigenvalue weighted by Crippen LogP contribution is 2.16. The highest BCUT2D eigenvalue weighted by atomic mass is 35.5. The normalized spacial score (nSPS) is 9.67. The Morgan fingerprint density at radius 1 is 1.33 bits per heavy atom. The lowest BCUT2D eigenvalue weighted by atomic mass is 10.4. The molecule has 0 spiro atoms. The Balaban J connectivity index is 3.45. The molecule has 0 aliphatic rings. The average molecular weight is 219 g/mol. The molecule has 12 heavy (non-hydrogen) atoms. The van der Waals surface area contributed by atoms with E-state index in [1.165, 1.54) is 0 Å². The topological polar surface area (TPSA) is 17.1 Å². The van der Waals surface area contributed by atoms with Crippen molar-refractivity contribution in [3.63, 3.8) is 0 Å². The molecule has 0 bridgehead atoms. The summed E-state index contributed by atoms with van der Waals surface area (Å²) < 4.78 is 34.9. The van der Waals surface area contributed by atoms with Gasteiger partial charge in [-0.1, -0.05) is 0 Å². The number of rotatable bonds is 5. The Bertz CT molecular complexity index is 191. The van der Waals surface area contributed by atoms with Crippen LogP contribution in [0.4, 0.5) is 13.2 Å². The van der Waals surface area contributed by atoms with Crippen molar-refractivity contribution in [1.29, 1.82) is 0 Å². The summed E-state index contributed by atoms with van der Waals surface area (Å²) in [6.07, 6.45) is -2.66. The smallest absolute Gasteiger partial charge is 0.280 e. The first-order chi connectivity index (χ1) is 5.54. The standard InChI is InChI=1S/C6H6ClF3OS/c7-5(11)3-12-2-1-4(8)6(9)10/h1-3H2. The zero-order valence-corrected chi connectivity index (χ0v) is 7.52. The van der Waals surface area contributed by atoms with Crippen molar-refractivity contribution in [2.75, 3.05) is 11.5 Å². The highest BCUT2D eigenvalue weighted by Gasteiger charge is 2.04. The van der Waals surface area contributed by atoms with Gasteiger partial charge in [-0.2, -0.15) is 20.5 Å². The van der Waals surface area contributed by atoms with Gasteiger partial charge in [0, 0.05) is 12.2 Å². The van der Waals surface area contributed by atoms with Crippen LogP contribution in [-0.4, -0.2) is 16.7 Å². The van der Waals surface area contributed by atoms with Gasteiger partial charge in [0.2, 0.25) is 5.24 Å². The third-order valence-electron chi connectivity index (χ3n) is 0.886. The predicted octanol–water partition coefficient (Wildman–Crippen LogP) is 2.95. The molecule has 0 aliphatic heterocycles. The molecule has 0 heterocycles. The molecule has 0 aromatic heterocycles. The molecule has 0 radical (unpaired) electrons. The van der Waals surface area contributed by atoms with E-state index in [0.717, 1.165) is 11.8 Å². The van der Waals surface area contributed by atoms with Crippen molar-refractivity contribution >= 4 is 28.6 Å². The fraction of sp³-hybridized carbons (Fsp3) is 0.500. The molecule has 0 aromatic carbocycles. The van der Waals surface area contributed by atoms with Crippen LogP contribution >= 0.6 is 23.4 Å². The zero-order valence-electron chi connectivity index (χ0n) is 5.95. The van der Waals surface area contributed by atoms with E-state index in [2.05, 4.69) is 0 Å². The second kappa shape index (κ2) is 6.37. The molecule has 0 unspecified atom stereocenters. The maximum Gasteiger partial charge on any atom is 0.301 e. The molecular formula is C6H6ClF3OS. The lowest BCUT2D eigenvalue weighted by molar-refractivity contribution is -0.109. The number of allylic oxidation sites excluding steroid dienone is 1. The molecule has 0 aromatic rings. The Hall–Kier alpha value is -0.160. The third kappa shape index (κ3) is 6.54. The molecule has 0 N–H and O–H groups in total.